The zero-order valence-electron chi connectivity index (χ0n) is 8.61. The molecule has 2 N–H and O–H groups in total. The van der Waals surface area contributed by atoms with E-state index in [1.807, 2.05) is 18.2 Å². The zero-order chi connectivity index (χ0) is 10.8. The van der Waals surface area contributed by atoms with Crippen molar-refractivity contribution in [3.63, 3.8) is 0 Å². The summed E-state index contributed by atoms with van der Waals surface area (Å²) in [7, 11) is 3.40. The SMILES string of the molecule is CN(C)C(=O)Nc1ccc2[nH]ncc2c1. The van der Waals surface area contributed by atoms with E-state index in [0.29, 0.717) is 0 Å². The third kappa shape index (κ3) is 1.90. The monoisotopic (exact) mass is 204 g/mol. The Hall–Kier alpha value is -2.04. The van der Waals surface area contributed by atoms with Gasteiger partial charge in [-0.1, -0.05) is 0 Å². The summed E-state index contributed by atoms with van der Waals surface area (Å²) in [6.07, 6.45) is 1.72. The molecule has 5 heteroatoms. The first-order chi connectivity index (χ1) is 7.16. The van der Waals surface area contributed by atoms with Gasteiger partial charge in [-0.25, -0.2) is 4.79 Å². The van der Waals surface area contributed by atoms with Crippen molar-refractivity contribution in [2.24, 2.45) is 0 Å². The van der Waals surface area contributed by atoms with Crippen molar-refractivity contribution in [2.75, 3.05) is 19.4 Å². The fourth-order valence-electron chi connectivity index (χ4n) is 1.26. The lowest BCUT2D eigenvalue weighted by Crippen LogP contribution is -2.27. The number of carbonyl (C=O) groups is 1. The first-order valence-corrected chi connectivity index (χ1v) is 4.58. The summed E-state index contributed by atoms with van der Waals surface area (Å²) in [5, 5.41) is 10.5. The molecule has 1 aromatic carbocycles. The molecule has 0 spiro atoms. The number of nitrogens with one attached hydrogen (secondary N) is 2. The van der Waals surface area contributed by atoms with Crippen molar-refractivity contribution < 1.29 is 4.79 Å². The molecule has 1 aromatic heterocycles. The minimum Gasteiger partial charge on any atom is -0.331 e. The number of aromatic nitrogens is 2. The van der Waals surface area contributed by atoms with Crippen molar-refractivity contribution >= 4 is 22.6 Å². The Morgan fingerprint density at radius 2 is 2.27 bits per heavy atom. The molecule has 2 aromatic rings. The van der Waals surface area contributed by atoms with E-state index in [2.05, 4.69) is 15.5 Å². The summed E-state index contributed by atoms with van der Waals surface area (Å²) in [4.78, 5) is 12.9. The second-order valence-corrected chi connectivity index (χ2v) is 3.50. The highest BCUT2D eigenvalue weighted by atomic mass is 16.2. The van der Waals surface area contributed by atoms with E-state index in [1.165, 1.54) is 4.90 Å². The van der Waals surface area contributed by atoms with Crippen molar-refractivity contribution in [3.05, 3.63) is 24.4 Å². The Morgan fingerprint density at radius 3 is 3.00 bits per heavy atom. The molecule has 0 fully saturated rings. The smallest absolute Gasteiger partial charge is 0.321 e. The highest BCUT2D eigenvalue weighted by Gasteiger charge is 2.04. The molecule has 0 aliphatic rings. The molecule has 2 rings (SSSR count). The standard InChI is InChI=1S/C10H12N4O/c1-14(2)10(15)12-8-3-4-9-7(5-8)6-11-13-9/h3-6H,1-2H3,(H,11,13)(H,12,15). The quantitative estimate of drug-likeness (QED) is 0.742. The van der Waals surface area contributed by atoms with Crippen LogP contribution < -0.4 is 5.32 Å². The van der Waals surface area contributed by atoms with E-state index in [9.17, 15) is 4.79 Å². The minimum atomic E-state index is -0.141. The summed E-state index contributed by atoms with van der Waals surface area (Å²) in [5.74, 6) is 0. The summed E-state index contributed by atoms with van der Waals surface area (Å²) in [6.45, 7) is 0. The molecule has 2 amide bonds. The number of hydrogen-bond acceptors (Lipinski definition) is 2. The van der Waals surface area contributed by atoms with Crippen LogP contribution in [-0.2, 0) is 0 Å². The first-order valence-electron chi connectivity index (χ1n) is 4.58. The fourth-order valence-corrected chi connectivity index (χ4v) is 1.26. The van der Waals surface area contributed by atoms with Crippen LogP contribution in [0, 0.1) is 0 Å². The van der Waals surface area contributed by atoms with Gasteiger partial charge in [0, 0.05) is 25.2 Å². The van der Waals surface area contributed by atoms with Crippen LogP contribution in [0.4, 0.5) is 10.5 Å². The van der Waals surface area contributed by atoms with Gasteiger partial charge < -0.3 is 10.2 Å². The molecule has 0 aliphatic carbocycles. The van der Waals surface area contributed by atoms with Gasteiger partial charge in [-0.2, -0.15) is 5.10 Å². The predicted molar refractivity (Wildman–Crippen MR) is 58.8 cm³/mol. The van der Waals surface area contributed by atoms with Crippen molar-refractivity contribution in [1.82, 2.24) is 15.1 Å². The molecule has 0 saturated carbocycles. The van der Waals surface area contributed by atoms with Crippen LogP contribution >= 0.6 is 0 Å². The van der Waals surface area contributed by atoms with Gasteiger partial charge in [-0.15, -0.1) is 0 Å². The summed E-state index contributed by atoms with van der Waals surface area (Å²) in [6, 6.07) is 5.45. The van der Waals surface area contributed by atoms with Crippen LogP contribution in [0.3, 0.4) is 0 Å². The van der Waals surface area contributed by atoms with E-state index in [1.54, 1.807) is 20.3 Å². The number of anilines is 1. The van der Waals surface area contributed by atoms with Gasteiger partial charge in [0.15, 0.2) is 0 Å². The molecule has 0 atom stereocenters. The summed E-state index contributed by atoms with van der Waals surface area (Å²) >= 11 is 0. The van der Waals surface area contributed by atoms with E-state index < -0.39 is 0 Å². The molecule has 78 valence electrons. The Balaban J connectivity index is 2.25. The summed E-state index contributed by atoms with van der Waals surface area (Å²) < 4.78 is 0. The average molecular weight is 204 g/mol. The van der Waals surface area contributed by atoms with E-state index >= 15 is 0 Å². The van der Waals surface area contributed by atoms with Crippen LogP contribution in [0.15, 0.2) is 24.4 Å². The number of fused-ring (bicyclic) bond motifs is 1. The number of benzene rings is 1. The molecular weight excluding hydrogens is 192 g/mol. The molecule has 5 nitrogen and oxygen atoms in total. The van der Waals surface area contributed by atoms with Crippen molar-refractivity contribution in [2.45, 2.75) is 0 Å². The molecule has 15 heavy (non-hydrogen) atoms. The third-order valence-corrected chi connectivity index (χ3v) is 2.10. The van der Waals surface area contributed by atoms with Crippen molar-refractivity contribution in [3.8, 4) is 0 Å². The number of hydrogen-bond donors (Lipinski definition) is 2. The number of H-pyrrole nitrogens is 1. The van der Waals surface area contributed by atoms with Gasteiger partial charge in [0.2, 0.25) is 0 Å². The van der Waals surface area contributed by atoms with Gasteiger partial charge in [0.05, 0.1) is 11.7 Å². The third-order valence-electron chi connectivity index (χ3n) is 2.10. The first kappa shape index (κ1) is 9.51. The van der Waals surface area contributed by atoms with Crippen LogP contribution in [-0.4, -0.2) is 35.2 Å². The van der Waals surface area contributed by atoms with Gasteiger partial charge in [-0.3, -0.25) is 5.10 Å². The lowest BCUT2D eigenvalue weighted by molar-refractivity contribution is 0.230. The largest absolute Gasteiger partial charge is 0.331 e. The minimum absolute atomic E-state index is 0.141. The van der Waals surface area contributed by atoms with Crippen LogP contribution in [0.5, 0.6) is 0 Å². The Labute approximate surface area is 87.1 Å². The molecule has 0 aliphatic heterocycles. The number of carbonyl (C=O) groups excluding carboxylic acids is 1. The number of rotatable bonds is 1. The maximum absolute atomic E-state index is 11.4. The summed E-state index contributed by atoms with van der Waals surface area (Å²) in [5.41, 5.74) is 1.72. The van der Waals surface area contributed by atoms with Gasteiger partial charge in [-0.05, 0) is 18.2 Å². The number of aromatic amines is 1. The Morgan fingerprint density at radius 1 is 1.47 bits per heavy atom. The lowest BCUT2D eigenvalue weighted by Gasteiger charge is -2.11. The molecule has 0 saturated heterocycles. The second kappa shape index (κ2) is 3.61. The molecule has 0 radical (unpaired) electrons. The maximum Gasteiger partial charge on any atom is 0.321 e. The Kier molecular flexibility index (Phi) is 2.29. The van der Waals surface area contributed by atoms with Gasteiger partial charge in [0.25, 0.3) is 0 Å². The number of nitrogens with zero attached hydrogens (tertiary/aromatic N) is 2. The van der Waals surface area contributed by atoms with E-state index in [4.69, 9.17) is 0 Å². The van der Waals surface area contributed by atoms with Crippen LogP contribution in [0.2, 0.25) is 0 Å². The van der Waals surface area contributed by atoms with Crippen LogP contribution in [0.1, 0.15) is 0 Å². The molecule has 0 unspecified atom stereocenters. The van der Waals surface area contributed by atoms with Gasteiger partial charge in [0.1, 0.15) is 0 Å². The lowest BCUT2D eigenvalue weighted by atomic mass is 10.2. The molecule has 1 heterocycles. The molecule has 0 bridgehead atoms. The average Bonchev–Trinajstić information content (AvgIpc) is 2.64. The maximum atomic E-state index is 11.4. The fraction of sp³-hybridized carbons (Fsp3) is 0.200. The molecular formula is C10H12N4O. The second-order valence-electron chi connectivity index (χ2n) is 3.50. The number of urea groups is 1. The van der Waals surface area contributed by atoms with Crippen LogP contribution in [0.25, 0.3) is 10.9 Å². The highest BCUT2D eigenvalue weighted by molar-refractivity contribution is 5.92. The van der Waals surface area contributed by atoms with Gasteiger partial charge >= 0.3 is 6.03 Å². The van der Waals surface area contributed by atoms with E-state index in [0.717, 1.165) is 16.6 Å². The normalized spacial score (nSPS) is 10.3. The predicted octanol–water partition coefficient (Wildman–Crippen LogP) is 1.66. The number of amides is 2. The van der Waals surface area contributed by atoms with Crippen molar-refractivity contribution in [1.29, 1.82) is 0 Å². The highest BCUT2D eigenvalue weighted by Crippen LogP contribution is 2.16. The Bertz CT molecular complexity index is 489. The van der Waals surface area contributed by atoms with E-state index in [-0.39, 0.29) is 6.03 Å². The zero-order valence-corrected chi connectivity index (χ0v) is 8.61. The topological polar surface area (TPSA) is 61.0 Å².